The molecule has 1 fully saturated rings. The van der Waals surface area contributed by atoms with Gasteiger partial charge in [-0.25, -0.2) is 4.98 Å². The number of rotatable bonds is 2. The highest BCUT2D eigenvalue weighted by molar-refractivity contribution is 5.45. The molecule has 3 heteroatoms. The molecule has 3 nitrogen and oxygen atoms in total. The second-order valence-electron chi connectivity index (χ2n) is 5.97. The summed E-state index contributed by atoms with van der Waals surface area (Å²) in [6, 6.07) is 0.481. The van der Waals surface area contributed by atoms with E-state index in [1.807, 2.05) is 20.0 Å². The highest BCUT2D eigenvalue weighted by Gasteiger charge is 2.65. The van der Waals surface area contributed by atoms with E-state index >= 15 is 0 Å². The fourth-order valence-corrected chi connectivity index (χ4v) is 2.37. The molecule has 16 heavy (non-hydrogen) atoms. The zero-order valence-corrected chi connectivity index (χ0v) is 11.0. The fraction of sp³-hybridized carbons (Fsp3) is 0.692. The topological polar surface area (TPSA) is 37.8 Å². The van der Waals surface area contributed by atoms with Crippen LogP contribution in [-0.2, 0) is 0 Å². The second kappa shape index (κ2) is 3.19. The normalized spacial score (nSPS) is 21.9. The summed E-state index contributed by atoms with van der Waals surface area (Å²) in [6.07, 6.45) is 1.81. The minimum absolute atomic E-state index is 0.324. The van der Waals surface area contributed by atoms with Crippen molar-refractivity contribution in [1.29, 1.82) is 0 Å². The van der Waals surface area contributed by atoms with Gasteiger partial charge in [0.05, 0.1) is 11.4 Å². The number of hydrogen-bond acceptors (Lipinski definition) is 3. The van der Waals surface area contributed by atoms with Crippen LogP contribution >= 0.6 is 0 Å². The van der Waals surface area contributed by atoms with Crippen molar-refractivity contribution in [2.75, 3.05) is 5.32 Å². The van der Waals surface area contributed by atoms with E-state index in [-0.39, 0.29) is 0 Å². The smallest absolute Gasteiger partial charge is 0.148 e. The number of nitrogens with one attached hydrogen (secondary N) is 1. The number of hydrogen-bond donors (Lipinski definition) is 1. The monoisotopic (exact) mass is 219 g/mol. The van der Waals surface area contributed by atoms with Gasteiger partial charge < -0.3 is 5.32 Å². The quantitative estimate of drug-likeness (QED) is 0.831. The van der Waals surface area contributed by atoms with E-state index in [9.17, 15) is 0 Å². The summed E-state index contributed by atoms with van der Waals surface area (Å²) in [4.78, 5) is 8.84. The summed E-state index contributed by atoms with van der Waals surface area (Å²) >= 11 is 0. The van der Waals surface area contributed by atoms with E-state index in [1.165, 1.54) is 0 Å². The van der Waals surface area contributed by atoms with E-state index in [0.29, 0.717) is 16.9 Å². The summed E-state index contributed by atoms with van der Waals surface area (Å²) in [5.74, 6) is 0.934. The van der Waals surface area contributed by atoms with E-state index in [4.69, 9.17) is 0 Å². The molecule has 88 valence electrons. The maximum absolute atomic E-state index is 4.51. The van der Waals surface area contributed by atoms with Gasteiger partial charge in [0.2, 0.25) is 0 Å². The zero-order valence-electron chi connectivity index (χ0n) is 11.0. The Bertz CT molecular complexity index is 407. The van der Waals surface area contributed by atoms with E-state index in [1.54, 1.807) is 0 Å². The molecule has 0 atom stereocenters. The van der Waals surface area contributed by atoms with Gasteiger partial charge >= 0.3 is 0 Å². The molecule has 0 radical (unpaired) electrons. The molecule has 0 spiro atoms. The third-order valence-corrected chi connectivity index (χ3v) is 4.38. The maximum Gasteiger partial charge on any atom is 0.148 e. The molecule has 0 amide bonds. The Hall–Kier alpha value is -1.12. The van der Waals surface area contributed by atoms with Gasteiger partial charge in [-0.05, 0) is 24.7 Å². The van der Waals surface area contributed by atoms with Crippen molar-refractivity contribution in [1.82, 2.24) is 9.97 Å². The van der Waals surface area contributed by atoms with Crippen molar-refractivity contribution in [2.24, 2.45) is 10.8 Å². The van der Waals surface area contributed by atoms with Crippen molar-refractivity contribution in [3.63, 3.8) is 0 Å². The van der Waals surface area contributed by atoms with Crippen molar-refractivity contribution in [3.05, 3.63) is 17.6 Å². The summed E-state index contributed by atoms with van der Waals surface area (Å²) in [6.45, 7) is 13.1. The molecule has 1 saturated carbocycles. The number of anilines is 1. The van der Waals surface area contributed by atoms with Crippen LogP contribution in [0.3, 0.4) is 0 Å². The van der Waals surface area contributed by atoms with E-state index in [0.717, 1.165) is 17.2 Å². The second-order valence-corrected chi connectivity index (χ2v) is 5.97. The lowest BCUT2D eigenvalue weighted by molar-refractivity contribution is 0.457. The van der Waals surface area contributed by atoms with Gasteiger partial charge in [0.25, 0.3) is 0 Å². The lowest BCUT2D eigenvalue weighted by Gasteiger charge is -2.10. The van der Waals surface area contributed by atoms with Crippen LogP contribution in [0.2, 0.25) is 0 Å². The van der Waals surface area contributed by atoms with Gasteiger partial charge in [-0.15, -0.1) is 0 Å². The molecule has 0 aromatic carbocycles. The molecule has 1 aromatic heterocycles. The Morgan fingerprint density at radius 2 is 1.69 bits per heavy atom. The molecule has 1 N–H and O–H groups in total. The van der Waals surface area contributed by atoms with Crippen molar-refractivity contribution in [3.8, 4) is 0 Å². The molecule has 0 saturated heterocycles. The van der Waals surface area contributed by atoms with Crippen molar-refractivity contribution >= 4 is 5.82 Å². The minimum atomic E-state index is 0.324. The molecule has 1 heterocycles. The molecule has 2 rings (SSSR count). The van der Waals surface area contributed by atoms with Crippen LogP contribution in [0.5, 0.6) is 0 Å². The van der Waals surface area contributed by atoms with Gasteiger partial charge in [-0.1, -0.05) is 27.7 Å². The highest BCUT2D eigenvalue weighted by atomic mass is 15.1. The average molecular weight is 219 g/mol. The summed E-state index contributed by atoms with van der Waals surface area (Å²) < 4.78 is 0. The lowest BCUT2D eigenvalue weighted by atomic mass is 10.0. The fourth-order valence-electron chi connectivity index (χ4n) is 2.37. The zero-order chi connectivity index (χ0) is 12.1. The molecular weight excluding hydrogens is 198 g/mol. The predicted octanol–water partition coefficient (Wildman–Crippen LogP) is 2.94. The molecule has 0 bridgehead atoms. The summed E-state index contributed by atoms with van der Waals surface area (Å²) in [7, 11) is 0. The molecule has 0 unspecified atom stereocenters. The number of aromatic nitrogens is 2. The third-order valence-electron chi connectivity index (χ3n) is 4.38. The van der Waals surface area contributed by atoms with Crippen LogP contribution in [0, 0.1) is 24.7 Å². The number of aryl methyl sites for hydroxylation is 2. The van der Waals surface area contributed by atoms with Crippen LogP contribution in [-0.4, -0.2) is 16.0 Å². The van der Waals surface area contributed by atoms with Crippen LogP contribution in [0.15, 0.2) is 6.20 Å². The molecule has 0 aliphatic heterocycles. The molecule has 1 aliphatic rings. The predicted molar refractivity (Wildman–Crippen MR) is 66.5 cm³/mol. The first-order valence-corrected chi connectivity index (χ1v) is 5.83. The Kier molecular flexibility index (Phi) is 2.26. The standard InChI is InChI=1S/C13H21N3/c1-8-7-14-9(2)10(15-8)16-11-12(3,4)13(11,5)6/h7,11H,1-6H3,(H,15,16). The van der Waals surface area contributed by atoms with Crippen molar-refractivity contribution in [2.45, 2.75) is 47.6 Å². The van der Waals surface area contributed by atoms with E-state index in [2.05, 4.69) is 43.0 Å². The van der Waals surface area contributed by atoms with E-state index < -0.39 is 0 Å². The van der Waals surface area contributed by atoms with Gasteiger partial charge in [0.15, 0.2) is 0 Å². The summed E-state index contributed by atoms with van der Waals surface area (Å²) in [5, 5.41) is 3.53. The number of nitrogens with zero attached hydrogens (tertiary/aromatic N) is 2. The average Bonchev–Trinajstić information content (AvgIpc) is 2.54. The van der Waals surface area contributed by atoms with Crippen LogP contribution in [0.4, 0.5) is 5.82 Å². The molecule has 1 aliphatic carbocycles. The SMILES string of the molecule is Cc1cnc(C)c(NC2C(C)(C)C2(C)C)n1. The Morgan fingerprint density at radius 1 is 1.12 bits per heavy atom. The first-order valence-electron chi connectivity index (χ1n) is 5.83. The van der Waals surface area contributed by atoms with Crippen LogP contribution in [0.1, 0.15) is 39.1 Å². The van der Waals surface area contributed by atoms with Gasteiger partial charge in [-0.2, -0.15) is 0 Å². The molecular formula is C13H21N3. The first-order chi connectivity index (χ1) is 7.26. The highest BCUT2D eigenvalue weighted by Crippen LogP contribution is 2.63. The largest absolute Gasteiger partial charge is 0.365 e. The Balaban J connectivity index is 2.21. The Morgan fingerprint density at radius 3 is 2.19 bits per heavy atom. The first kappa shape index (κ1) is 11.4. The van der Waals surface area contributed by atoms with Gasteiger partial charge in [-0.3, -0.25) is 4.98 Å². The van der Waals surface area contributed by atoms with Crippen LogP contribution < -0.4 is 5.32 Å². The van der Waals surface area contributed by atoms with Crippen LogP contribution in [0.25, 0.3) is 0 Å². The van der Waals surface area contributed by atoms with Gasteiger partial charge in [0, 0.05) is 12.2 Å². The van der Waals surface area contributed by atoms with Gasteiger partial charge in [0.1, 0.15) is 5.82 Å². The van der Waals surface area contributed by atoms with Crippen molar-refractivity contribution < 1.29 is 0 Å². The Labute approximate surface area is 97.7 Å². The lowest BCUT2D eigenvalue weighted by Crippen LogP contribution is -2.13. The minimum Gasteiger partial charge on any atom is -0.365 e. The molecule has 1 aromatic rings. The maximum atomic E-state index is 4.51. The third kappa shape index (κ3) is 1.49. The summed E-state index contributed by atoms with van der Waals surface area (Å²) in [5.41, 5.74) is 2.59.